The highest BCUT2D eigenvalue weighted by Crippen LogP contribution is 2.23. The summed E-state index contributed by atoms with van der Waals surface area (Å²) in [6.07, 6.45) is 3.16. The van der Waals surface area contributed by atoms with E-state index in [0.717, 1.165) is 50.5 Å². The quantitative estimate of drug-likeness (QED) is 0.632. The van der Waals surface area contributed by atoms with Gasteiger partial charge in [0.2, 0.25) is 15.9 Å². The van der Waals surface area contributed by atoms with Crippen LogP contribution in [0.15, 0.2) is 52.5 Å². The molecule has 2 saturated heterocycles. The number of amides is 1. The standard InChI is InChI=1S/C21H26N4O4S2/c26-20(23-17-3-5-18(6-4-17)24-11-13-29-14-12-24)16-30-21-8-7-19(15-22-21)31(27,28)25-9-1-2-10-25/h3-8,15H,1-2,9-14,16H2,(H,23,26). The molecule has 2 aliphatic heterocycles. The van der Waals surface area contributed by atoms with E-state index in [9.17, 15) is 13.2 Å². The largest absolute Gasteiger partial charge is 0.378 e. The van der Waals surface area contributed by atoms with E-state index in [4.69, 9.17) is 4.74 Å². The molecule has 0 bridgehead atoms. The van der Waals surface area contributed by atoms with Crippen LogP contribution < -0.4 is 10.2 Å². The lowest BCUT2D eigenvalue weighted by Crippen LogP contribution is -2.36. The summed E-state index contributed by atoms with van der Waals surface area (Å²) in [7, 11) is -3.47. The summed E-state index contributed by atoms with van der Waals surface area (Å²) in [6.45, 7) is 4.32. The number of hydrogen-bond donors (Lipinski definition) is 1. The number of benzene rings is 1. The van der Waals surface area contributed by atoms with Crippen LogP contribution in [0, 0.1) is 0 Å². The molecule has 166 valence electrons. The van der Waals surface area contributed by atoms with Crippen LogP contribution in [0.2, 0.25) is 0 Å². The van der Waals surface area contributed by atoms with Crippen molar-refractivity contribution in [2.45, 2.75) is 22.8 Å². The number of anilines is 2. The highest BCUT2D eigenvalue weighted by molar-refractivity contribution is 7.99. The molecule has 1 amide bonds. The molecule has 10 heteroatoms. The lowest BCUT2D eigenvalue weighted by atomic mass is 10.2. The van der Waals surface area contributed by atoms with Crippen molar-refractivity contribution in [2.24, 2.45) is 0 Å². The average molecular weight is 463 g/mol. The molecule has 8 nitrogen and oxygen atoms in total. The van der Waals surface area contributed by atoms with Gasteiger partial charge in [-0.1, -0.05) is 11.8 Å². The number of morpholine rings is 1. The number of carbonyl (C=O) groups is 1. The van der Waals surface area contributed by atoms with E-state index in [2.05, 4.69) is 15.2 Å². The van der Waals surface area contributed by atoms with Gasteiger partial charge >= 0.3 is 0 Å². The third kappa shape index (κ3) is 5.57. The van der Waals surface area contributed by atoms with Crippen LogP contribution in [-0.2, 0) is 19.6 Å². The summed E-state index contributed by atoms with van der Waals surface area (Å²) < 4.78 is 32.0. The normalized spacial score (nSPS) is 17.6. The second kappa shape index (κ2) is 9.99. The summed E-state index contributed by atoms with van der Waals surface area (Å²) in [6, 6.07) is 11.0. The second-order valence-electron chi connectivity index (χ2n) is 7.43. The lowest BCUT2D eigenvalue weighted by molar-refractivity contribution is -0.113. The van der Waals surface area contributed by atoms with Crippen LogP contribution in [0.25, 0.3) is 0 Å². The van der Waals surface area contributed by atoms with Crippen molar-refractivity contribution in [1.29, 1.82) is 0 Å². The van der Waals surface area contributed by atoms with Gasteiger partial charge in [0, 0.05) is 43.8 Å². The number of pyridine rings is 1. The number of aromatic nitrogens is 1. The molecule has 0 unspecified atom stereocenters. The first-order chi connectivity index (χ1) is 15.0. The summed E-state index contributed by atoms with van der Waals surface area (Å²) in [5, 5.41) is 3.49. The van der Waals surface area contributed by atoms with Crippen molar-refractivity contribution in [3.8, 4) is 0 Å². The first-order valence-electron chi connectivity index (χ1n) is 10.3. The number of ether oxygens (including phenoxy) is 1. The van der Waals surface area contributed by atoms with E-state index >= 15 is 0 Å². The Bertz CT molecular complexity index is 985. The van der Waals surface area contributed by atoms with E-state index in [1.54, 1.807) is 12.1 Å². The van der Waals surface area contributed by atoms with Crippen LogP contribution >= 0.6 is 11.8 Å². The van der Waals surface area contributed by atoms with E-state index in [0.29, 0.717) is 18.1 Å². The van der Waals surface area contributed by atoms with Crippen molar-refractivity contribution in [1.82, 2.24) is 9.29 Å². The third-order valence-electron chi connectivity index (χ3n) is 5.29. The zero-order valence-corrected chi connectivity index (χ0v) is 18.8. The number of rotatable bonds is 7. The summed E-state index contributed by atoms with van der Waals surface area (Å²) in [5.74, 6) is 0.0517. The van der Waals surface area contributed by atoms with Gasteiger partial charge in [0.15, 0.2) is 0 Å². The molecule has 0 spiro atoms. The van der Waals surface area contributed by atoms with Crippen LogP contribution in [0.4, 0.5) is 11.4 Å². The first kappa shape index (κ1) is 22.1. The Labute approximate surface area is 187 Å². The number of carbonyl (C=O) groups excluding carboxylic acids is 1. The molecule has 0 aliphatic carbocycles. The Hall–Kier alpha value is -2.14. The smallest absolute Gasteiger partial charge is 0.244 e. The maximum Gasteiger partial charge on any atom is 0.244 e. The number of nitrogens with one attached hydrogen (secondary N) is 1. The Kier molecular flexibility index (Phi) is 7.11. The SMILES string of the molecule is O=C(CSc1ccc(S(=O)(=O)N2CCCC2)cn1)Nc1ccc(N2CCOCC2)cc1. The maximum absolute atomic E-state index is 12.5. The van der Waals surface area contributed by atoms with Crippen LogP contribution in [-0.4, -0.2) is 68.8 Å². The third-order valence-corrected chi connectivity index (χ3v) is 8.12. The second-order valence-corrected chi connectivity index (χ2v) is 10.4. The van der Waals surface area contributed by atoms with Gasteiger partial charge in [-0.05, 0) is 49.2 Å². The van der Waals surface area contributed by atoms with Crippen LogP contribution in [0.3, 0.4) is 0 Å². The van der Waals surface area contributed by atoms with Gasteiger partial charge in [-0.3, -0.25) is 4.79 Å². The van der Waals surface area contributed by atoms with E-state index in [1.165, 1.54) is 22.3 Å². The number of nitrogens with zero attached hydrogens (tertiary/aromatic N) is 3. The molecule has 0 saturated carbocycles. The molecular weight excluding hydrogens is 436 g/mol. The molecule has 2 aromatic rings. The van der Waals surface area contributed by atoms with Crippen molar-refractivity contribution >= 4 is 39.1 Å². The Morgan fingerprint density at radius 3 is 2.39 bits per heavy atom. The van der Waals surface area contributed by atoms with Gasteiger partial charge in [0.05, 0.1) is 24.0 Å². The van der Waals surface area contributed by atoms with Gasteiger partial charge in [0.1, 0.15) is 4.90 Å². The highest BCUT2D eigenvalue weighted by atomic mass is 32.2. The molecule has 3 heterocycles. The predicted octanol–water partition coefficient (Wildman–Crippen LogP) is 2.43. The molecule has 2 aliphatic rings. The van der Waals surface area contributed by atoms with Gasteiger partial charge < -0.3 is 15.0 Å². The molecule has 0 atom stereocenters. The number of hydrogen-bond acceptors (Lipinski definition) is 7. The Morgan fingerprint density at radius 1 is 1.03 bits per heavy atom. The molecule has 1 aromatic carbocycles. The number of sulfonamides is 1. The fourth-order valence-corrected chi connectivity index (χ4v) is 5.70. The van der Waals surface area contributed by atoms with Crippen molar-refractivity contribution < 1.29 is 17.9 Å². The van der Waals surface area contributed by atoms with E-state index in [1.807, 2.05) is 24.3 Å². The van der Waals surface area contributed by atoms with Crippen molar-refractivity contribution in [3.05, 3.63) is 42.6 Å². The van der Waals surface area contributed by atoms with Crippen molar-refractivity contribution in [2.75, 3.05) is 55.4 Å². The number of thioether (sulfide) groups is 1. The average Bonchev–Trinajstić information content (AvgIpc) is 3.35. The van der Waals surface area contributed by atoms with Crippen molar-refractivity contribution in [3.63, 3.8) is 0 Å². The highest BCUT2D eigenvalue weighted by Gasteiger charge is 2.27. The van der Waals surface area contributed by atoms with Gasteiger partial charge in [-0.25, -0.2) is 13.4 Å². The first-order valence-corrected chi connectivity index (χ1v) is 12.8. The molecule has 31 heavy (non-hydrogen) atoms. The predicted molar refractivity (Wildman–Crippen MR) is 121 cm³/mol. The lowest BCUT2D eigenvalue weighted by Gasteiger charge is -2.28. The fraction of sp³-hybridized carbons (Fsp3) is 0.429. The molecule has 0 radical (unpaired) electrons. The summed E-state index contributed by atoms with van der Waals surface area (Å²) >= 11 is 1.27. The zero-order chi connectivity index (χ0) is 21.7. The molecule has 1 N–H and O–H groups in total. The summed E-state index contributed by atoms with van der Waals surface area (Å²) in [4.78, 5) is 19.0. The van der Waals surface area contributed by atoms with E-state index in [-0.39, 0.29) is 16.6 Å². The molecular formula is C21H26N4O4S2. The topological polar surface area (TPSA) is 91.8 Å². The molecule has 4 rings (SSSR count). The van der Waals surface area contributed by atoms with Gasteiger partial charge in [0.25, 0.3) is 0 Å². The van der Waals surface area contributed by atoms with Crippen LogP contribution in [0.1, 0.15) is 12.8 Å². The maximum atomic E-state index is 12.5. The van der Waals surface area contributed by atoms with Crippen LogP contribution in [0.5, 0.6) is 0 Å². The zero-order valence-electron chi connectivity index (χ0n) is 17.2. The Balaban J connectivity index is 1.27. The summed E-state index contributed by atoms with van der Waals surface area (Å²) in [5.41, 5.74) is 1.85. The van der Waals surface area contributed by atoms with E-state index < -0.39 is 10.0 Å². The molecule has 2 fully saturated rings. The minimum Gasteiger partial charge on any atom is -0.378 e. The Morgan fingerprint density at radius 2 is 1.74 bits per heavy atom. The molecule has 1 aromatic heterocycles. The van der Waals surface area contributed by atoms with Gasteiger partial charge in [-0.15, -0.1) is 0 Å². The monoisotopic (exact) mass is 462 g/mol. The van der Waals surface area contributed by atoms with Gasteiger partial charge in [-0.2, -0.15) is 4.31 Å². The minimum atomic E-state index is -3.47. The minimum absolute atomic E-state index is 0.139. The fourth-order valence-electron chi connectivity index (χ4n) is 3.60.